The van der Waals surface area contributed by atoms with E-state index in [9.17, 15) is 0 Å². The maximum absolute atomic E-state index is 18.5. The molecule has 0 N–H and O–H groups in total. The predicted molar refractivity (Wildman–Crippen MR) is 227 cm³/mol. The SMILES string of the molecule is Cc1cc(C)c(C2=C3C(c4ccccc4)=CC(c4ccc(C(C)(C)C)cc4)=[N+]3B(F)n3c(-c4ccc(C(C)(C)C)cc4)cc(-c4ccccc4)c32)c(C)c1. The Hall–Kier alpha value is -5.48. The second-order valence-corrected chi connectivity index (χ2v) is 17.2. The number of allylic oxidation sites excluding steroid dienone is 2. The molecule has 0 radical (unpaired) electrons. The van der Waals surface area contributed by atoms with E-state index in [4.69, 9.17) is 0 Å². The van der Waals surface area contributed by atoms with E-state index in [0.29, 0.717) is 0 Å². The monoisotopic (exact) mass is 707 g/mol. The van der Waals surface area contributed by atoms with Crippen LogP contribution in [0.15, 0.2) is 139 Å². The van der Waals surface area contributed by atoms with Crippen molar-refractivity contribution in [2.45, 2.75) is 73.1 Å². The summed E-state index contributed by atoms with van der Waals surface area (Å²) in [6.45, 7) is 19.9. The van der Waals surface area contributed by atoms with Crippen molar-refractivity contribution in [3.8, 4) is 22.4 Å². The number of aryl methyl sites for hydroxylation is 3. The quantitative estimate of drug-likeness (QED) is 0.158. The average Bonchev–Trinajstić information content (AvgIpc) is 3.74. The largest absolute Gasteiger partial charge is 0.847 e. The number of aromatic nitrogens is 1. The second-order valence-electron chi connectivity index (χ2n) is 17.2. The number of fused-ring (bicyclic) bond motifs is 2. The van der Waals surface area contributed by atoms with Crippen molar-refractivity contribution in [1.29, 1.82) is 0 Å². The summed E-state index contributed by atoms with van der Waals surface area (Å²) in [5.41, 5.74) is 17.9. The van der Waals surface area contributed by atoms with Crippen LogP contribution in [0.5, 0.6) is 0 Å². The summed E-state index contributed by atoms with van der Waals surface area (Å²) in [6, 6.07) is 45.2. The van der Waals surface area contributed by atoms with Crippen LogP contribution < -0.4 is 0 Å². The molecule has 3 heterocycles. The van der Waals surface area contributed by atoms with Gasteiger partial charge in [0.25, 0.3) is 0 Å². The highest BCUT2D eigenvalue weighted by Crippen LogP contribution is 2.49. The van der Waals surface area contributed by atoms with Gasteiger partial charge in [-0.15, -0.1) is 0 Å². The zero-order valence-corrected chi connectivity index (χ0v) is 33.1. The molecular weight excluding hydrogens is 658 g/mol. The van der Waals surface area contributed by atoms with E-state index in [1.807, 2.05) is 21.1 Å². The van der Waals surface area contributed by atoms with Crippen LogP contribution in [-0.2, 0) is 10.8 Å². The zero-order chi connectivity index (χ0) is 38.1. The minimum Gasteiger partial charge on any atom is -0.285 e. The van der Waals surface area contributed by atoms with Crippen molar-refractivity contribution in [1.82, 2.24) is 4.48 Å². The second kappa shape index (κ2) is 13.1. The van der Waals surface area contributed by atoms with Gasteiger partial charge in [0.15, 0.2) is 5.71 Å². The van der Waals surface area contributed by atoms with Gasteiger partial charge in [0, 0.05) is 22.9 Å². The van der Waals surface area contributed by atoms with Crippen molar-refractivity contribution in [3.05, 3.63) is 189 Å². The molecule has 2 nitrogen and oxygen atoms in total. The number of hydrogen-bond donors (Lipinski definition) is 0. The summed E-state index contributed by atoms with van der Waals surface area (Å²) in [5, 5.41) is 0. The van der Waals surface area contributed by atoms with E-state index in [1.54, 1.807) is 0 Å². The Morgan fingerprint density at radius 1 is 0.574 bits per heavy atom. The average molecular weight is 708 g/mol. The highest BCUT2D eigenvalue weighted by Gasteiger charge is 2.54. The molecule has 0 atom stereocenters. The van der Waals surface area contributed by atoms with E-state index in [0.717, 1.165) is 67.3 Å². The summed E-state index contributed by atoms with van der Waals surface area (Å²) in [6.07, 6.45) is 2.22. The fourth-order valence-electron chi connectivity index (χ4n) is 8.44. The Bertz CT molecular complexity index is 2480. The lowest BCUT2D eigenvalue weighted by Gasteiger charge is -2.26. The van der Waals surface area contributed by atoms with Crippen LogP contribution in [0, 0.1) is 20.8 Å². The molecule has 0 unspecified atom stereocenters. The van der Waals surface area contributed by atoms with E-state index in [2.05, 4.69) is 184 Å². The minimum atomic E-state index is -1.52. The van der Waals surface area contributed by atoms with Crippen molar-refractivity contribution in [2.24, 2.45) is 0 Å². The van der Waals surface area contributed by atoms with Crippen molar-refractivity contribution < 1.29 is 8.80 Å². The molecule has 0 bridgehead atoms. The van der Waals surface area contributed by atoms with Crippen LogP contribution in [-0.4, -0.2) is 21.9 Å². The van der Waals surface area contributed by atoms with Crippen molar-refractivity contribution in [2.75, 3.05) is 0 Å². The molecule has 0 fully saturated rings. The van der Waals surface area contributed by atoms with Gasteiger partial charge in [0.2, 0.25) is 5.70 Å². The topological polar surface area (TPSA) is 7.94 Å². The zero-order valence-electron chi connectivity index (χ0n) is 33.1. The fraction of sp³-hybridized carbons (Fsp3) is 0.220. The summed E-state index contributed by atoms with van der Waals surface area (Å²) in [4.78, 5) is 0. The summed E-state index contributed by atoms with van der Waals surface area (Å²) in [7, 11) is -1.52. The van der Waals surface area contributed by atoms with Crippen LogP contribution in [0.2, 0.25) is 0 Å². The van der Waals surface area contributed by atoms with Gasteiger partial charge in [0.1, 0.15) is 0 Å². The van der Waals surface area contributed by atoms with Gasteiger partial charge >= 0.3 is 7.26 Å². The smallest absolute Gasteiger partial charge is 0.285 e. The third-order valence-electron chi connectivity index (χ3n) is 11.2. The highest BCUT2D eigenvalue weighted by atomic mass is 19.1. The minimum absolute atomic E-state index is 0.00169. The molecule has 268 valence electrons. The lowest BCUT2D eigenvalue weighted by atomic mass is 9.81. The molecule has 0 amide bonds. The summed E-state index contributed by atoms with van der Waals surface area (Å²) >= 11 is 0. The van der Waals surface area contributed by atoms with Crippen LogP contribution in [0.3, 0.4) is 0 Å². The molecule has 2 aliphatic rings. The predicted octanol–water partition coefficient (Wildman–Crippen LogP) is 12.5. The molecule has 0 spiro atoms. The van der Waals surface area contributed by atoms with Crippen LogP contribution in [0.4, 0.5) is 4.32 Å². The molecule has 2 aliphatic heterocycles. The van der Waals surface area contributed by atoms with Gasteiger partial charge < -0.3 is 0 Å². The van der Waals surface area contributed by atoms with E-state index in [1.165, 1.54) is 27.8 Å². The molecule has 4 heteroatoms. The Labute approximate surface area is 321 Å². The first-order chi connectivity index (χ1) is 25.7. The number of nitrogens with zero attached hydrogens (tertiary/aromatic N) is 2. The van der Waals surface area contributed by atoms with Crippen molar-refractivity contribution in [3.63, 3.8) is 0 Å². The first-order valence-corrected chi connectivity index (χ1v) is 19.2. The molecule has 0 saturated carbocycles. The van der Waals surface area contributed by atoms with Gasteiger partial charge in [-0.1, -0.05) is 156 Å². The molecule has 8 rings (SSSR count). The van der Waals surface area contributed by atoms with Crippen LogP contribution >= 0.6 is 0 Å². The summed E-state index contributed by atoms with van der Waals surface area (Å²) in [5.74, 6) is 0. The Morgan fingerprint density at radius 2 is 1.07 bits per heavy atom. The third kappa shape index (κ3) is 6.02. The summed E-state index contributed by atoms with van der Waals surface area (Å²) < 4.78 is 22.5. The molecule has 0 aliphatic carbocycles. The molecule has 5 aromatic carbocycles. The Kier molecular flexibility index (Phi) is 8.64. The van der Waals surface area contributed by atoms with E-state index >= 15 is 4.32 Å². The molecule has 6 aromatic rings. The number of hydrogen-bond acceptors (Lipinski definition) is 0. The number of halogens is 1. The standard InChI is InChI=1S/C50H49BFN2/c1-32-28-33(2)45(34(3)29-32)46-47-41(35-16-12-10-13-17-35)30-43(37-20-24-39(25-21-37)49(4,5)6)53(47)51(52)54-44(38-22-26-40(27-23-38)50(7,8)9)31-42(48(46)54)36-18-14-11-15-19-36/h10-31H,1-9H3/q+1. The first-order valence-electron chi connectivity index (χ1n) is 19.2. The Morgan fingerprint density at radius 3 is 1.59 bits per heavy atom. The molecule has 0 saturated heterocycles. The van der Waals surface area contributed by atoms with Crippen LogP contribution in [0.25, 0.3) is 33.5 Å². The lowest BCUT2D eigenvalue weighted by Crippen LogP contribution is -2.41. The van der Waals surface area contributed by atoms with E-state index in [-0.39, 0.29) is 10.8 Å². The van der Waals surface area contributed by atoms with Crippen LogP contribution in [0.1, 0.15) is 91.7 Å². The van der Waals surface area contributed by atoms with E-state index < -0.39 is 7.26 Å². The Balaban J connectivity index is 1.53. The maximum Gasteiger partial charge on any atom is 0.847 e. The van der Waals surface area contributed by atoms with Gasteiger partial charge in [-0.25, -0.2) is 8.80 Å². The van der Waals surface area contributed by atoms with Gasteiger partial charge in [-0.3, -0.25) is 4.48 Å². The normalized spacial score (nSPS) is 14.4. The fourth-order valence-corrected chi connectivity index (χ4v) is 8.44. The third-order valence-corrected chi connectivity index (χ3v) is 11.2. The first kappa shape index (κ1) is 35.5. The van der Waals surface area contributed by atoms with Crippen molar-refractivity contribution >= 4 is 24.1 Å². The number of rotatable bonds is 5. The molecule has 1 aromatic heterocycles. The van der Waals surface area contributed by atoms with Gasteiger partial charge in [-0.2, -0.15) is 0 Å². The number of benzene rings is 5. The molecule has 54 heavy (non-hydrogen) atoms. The van der Waals surface area contributed by atoms with Gasteiger partial charge in [-0.05, 0) is 94.3 Å². The molecular formula is C50H49BFN2+. The van der Waals surface area contributed by atoms with Gasteiger partial charge in [0.05, 0.1) is 16.8 Å². The lowest BCUT2D eigenvalue weighted by molar-refractivity contribution is -0.332. The maximum atomic E-state index is 18.5. The highest BCUT2D eigenvalue weighted by molar-refractivity contribution is 6.46.